The zero-order valence-electron chi connectivity index (χ0n) is 19.4. The number of benzene rings is 2. The third-order valence-electron chi connectivity index (χ3n) is 6.48. The number of hydrazine groups is 1. The summed E-state index contributed by atoms with van der Waals surface area (Å²) in [5.74, 6) is 6.12. The van der Waals surface area contributed by atoms with Gasteiger partial charge in [-0.25, -0.2) is 5.84 Å². The van der Waals surface area contributed by atoms with Gasteiger partial charge >= 0.3 is 0 Å². The van der Waals surface area contributed by atoms with Crippen molar-refractivity contribution in [2.45, 2.75) is 45.1 Å². The van der Waals surface area contributed by atoms with Crippen molar-refractivity contribution in [2.75, 3.05) is 13.1 Å². The van der Waals surface area contributed by atoms with E-state index >= 15 is 0 Å². The van der Waals surface area contributed by atoms with Crippen LogP contribution in [0.15, 0.2) is 66.9 Å². The quantitative estimate of drug-likeness (QED) is 0.291. The van der Waals surface area contributed by atoms with Crippen molar-refractivity contribution in [1.82, 2.24) is 15.3 Å². The molecule has 0 saturated carbocycles. The number of fused-ring (bicyclic) bond motifs is 1. The third-order valence-corrected chi connectivity index (χ3v) is 6.48. The standard InChI is InChI=1S/C27H32N4O2/c1-4-5-8-20(3)31-17-27(18-31,26(32)30-28)22-11-13-23(14-12-22)33-16-21-15-19(2)29-25-10-7-6-9-24(21)25/h6-7,9-15H,3-5,8,16-18,28H2,1-2H3,(H,30,32). The first kappa shape index (κ1) is 22.8. The molecule has 1 aromatic heterocycles. The lowest BCUT2D eigenvalue weighted by atomic mass is 9.72. The summed E-state index contributed by atoms with van der Waals surface area (Å²) < 4.78 is 6.09. The van der Waals surface area contributed by atoms with E-state index in [9.17, 15) is 4.79 Å². The average Bonchev–Trinajstić information content (AvgIpc) is 2.80. The first-order valence-electron chi connectivity index (χ1n) is 11.5. The highest BCUT2D eigenvalue weighted by Gasteiger charge is 2.50. The van der Waals surface area contributed by atoms with E-state index < -0.39 is 5.41 Å². The number of allylic oxidation sites excluding steroid dienone is 1. The van der Waals surface area contributed by atoms with Gasteiger partial charge in [0.2, 0.25) is 5.91 Å². The van der Waals surface area contributed by atoms with Crippen LogP contribution in [0.4, 0.5) is 0 Å². The largest absolute Gasteiger partial charge is 0.489 e. The van der Waals surface area contributed by atoms with Crippen LogP contribution in [0.2, 0.25) is 0 Å². The van der Waals surface area contributed by atoms with Crippen molar-refractivity contribution in [3.63, 3.8) is 0 Å². The Morgan fingerprint density at radius 2 is 1.94 bits per heavy atom. The fourth-order valence-electron chi connectivity index (χ4n) is 4.51. The molecule has 0 radical (unpaired) electrons. The summed E-state index contributed by atoms with van der Waals surface area (Å²) in [6.45, 7) is 9.96. The molecule has 4 rings (SSSR count). The molecule has 0 unspecified atom stereocenters. The molecule has 6 nitrogen and oxygen atoms in total. The lowest BCUT2D eigenvalue weighted by molar-refractivity contribution is -0.132. The number of carbonyl (C=O) groups is 1. The van der Waals surface area contributed by atoms with E-state index in [0.29, 0.717) is 19.7 Å². The van der Waals surface area contributed by atoms with Gasteiger partial charge in [-0.1, -0.05) is 50.3 Å². The SMILES string of the molecule is C=C(CCCC)N1CC(C(=O)NN)(c2ccc(OCc3cc(C)nc4ccccc34)cc2)C1. The molecule has 1 amide bonds. The van der Waals surface area contributed by atoms with E-state index in [2.05, 4.69) is 40.9 Å². The molecular weight excluding hydrogens is 412 g/mol. The number of carbonyl (C=O) groups excluding carboxylic acids is 1. The summed E-state index contributed by atoms with van der Waals surface area (Å²) in [4.78, 5) is 19.5. The maximum atomic E-state index is 12.7. The van der Waals surface area contributed by atoms with Crippen LogP contribution in [-0.2, 0) is 16.8 Å². The fourth-order valence-corrected chi connectivity index (χ4v) is 4.51. The van der Waals surface area contributed by atoms with Crippen LogP contribution in [0.25, 0.3) is 10.9 Å². The molecule has 33 heavy (non-hydrogen) atoms. The highest BCUT2D eigenvalue weighted by Crippen LogP contribution is 2.38. The predicted molar refractivity (Wildman–Crippen MR) is 132 cm³/mol. The van der Waals surface area contributed by atoms with Gasteiger partial charge in [-0.3, -0.25) is 15.2 Å². The Morgan fingerprint density at radius 3 is 2.64 bits per heavy atom. The highest BCUT2D eigenvalue weighted by atomic mass is 16.5. The molecule has 2 heterocycles. The van der Waals surface area contributed by atoms with Crippen LogP contribution < -0.4 is 16.0 Å². The molecule has 6 heteroatoms. The fraction of sp³-hybridized carbons (Fsp3) is 0.333. The number of pyridine rings is 1. The van der Waals surface area contributed by atoms with Crippen molar-refractivity contribution in [1.29, 1.82) is 0 Å². The predicted octanol–water partition coefficient (Wildman–Crippen LogP) is 4.37. The summed E-state index contributed by atoms with van der Waals surface area (Å²) in [6, 6.07) is 17.9. The first-order chi connectivity index (χ1) is 16.0. The zero-order valence-corrected chi connectivity index (χ0v) is 19.4. The van der Waals surface area contributed by atoms with Gasteiger partial charge in [-0.05, 0) is 49.6 Å². The Morgan fingerprint density at radius 1 is 1.21 bits per heavy atom. The number of aromatic nitrogens is 1. The van der Waals surface area contributed by atoms with Crippen molar-refractivity contribution >= 4 is 16.8 Å². The van der Waals surface area contributed by atoms with Crippen LogP contribution in [0.1, 0.15) is 43.0 Å². The molecule has 2 aromatic carbocycles. The molecule has 3 N–H and O–H groups in total. The molecule has 1 saturated heterocycles. The summed E-state index contributed by atoms with van der Waals surface area (Å²) in [5, 5.41) is 1.09. The Hall–Kier alpha value is -3.38. The molecule has 3 aromatic rings. The van der Waals surface area contributed by atoms with E-state index in [0.717, 1.165) is 58.4 Å². The van der Waals surface area contributed by atoms with E-state index in [4.69, 9.17) is 10.6 Å². The van der Waals surface area contributed by atoms with Gasteiger partial charge in [0.15, 0.2) is 0 Å². The monoisotopic (exact) mass is 444 g/mol. The van der Waals surface area contributed by atoms with E-state index in [-0.39, 0.29) is 5.91 Å². The van der Waals surface area contributed by atoms with E-state index in [1.54, 1.807) is 0 Å². The second-order valence-electron chi connectivity index (χ2n) is 8.83. The van der Waals surface area contributed by atoms with Crippen molar-refractivity contribution < 1.29 is 9.53 Å². The number of ether oxygens (including phenoxy) is 1. The summed E-state index contributed by atoms with van der Waals surface area (Å²) >= 11 is 0. The molecule has 172 valence electrons. The Balaban J connectivity index is 1.47. The van der Waals surface area contributed by atoms with Gasteiger partial charge in [-0.2, -0.15) is 0 Å². The lowest BCUT2D eigenvalue weighted by Crippen LogP contribution is -2.66. The van der Waals surface area contributed by atoms with Crippen LogP contribution in [0, 0.1) is 6.92 Å². The summed E-state index contributed by atoms with van der Waals surface area (Å²) in [7, 11) is 0. The normalized spacial score (nSPS) is 14.6. The zero-order chi connectivity index (χ0) is 23.4. The Labute approximate surface area is 195 Å². The number of nitrogens with one attached hydrogen (secondary N) is 1. The molecule has 0 atom stereocenters. The molecule has 0 aliphatic carbocycles. The number of para-hydroxylation sites is 1. The minimum absolute atomic E-state index is 0.172. The minimum Gasteiger partial charge on any atom is -0.489 e. The Bertz CT molecular complexity index is 1150. The number of nitrogens with two attached hydrogens (primary N) is 1. The van der Waals surface area contributed by atoms with Crippen LogP contribution in [-0.4, -0.2) is 28.9 Å². The van der Waals surface area contributed by atoms with Crippen LogP contribution in [0.5, 0.6) is 5.75 Å². The number of nitrogens with zero attached hydrogens (tertiary/aromatic N) is 2. The van der Waals surface area contributed by atoms with Crippen molar-refractivity contribution in [3.8, 4) is 5.75 Å². The van der Waals surface area contributed by atoms with Crippen molar-refractivity contribution in [3.05, 3.63) is 83.7 Å². The van der Waals surface area contributed by atoms with Crippen LogP contribution >= 0.6 is 0 Å². The maximum Gasteiger partial charge on any atom is 0.248 e. The number of hydrogen-bond donors (Lipinski definition) is 2. The lowest BCUT2D eigenvalue weighted by Gasteiger charge is -2.51. The second-order valence-corrected chi connectivity index (χ2v) is 8.83. The molecule has 0 spiro atoms. The second kappa shape index (κ2) is 9.63. The van der Waals surface area contributed by atoms with Crippen molar-refractivity contribution in [2.24, 2.45) is 5.84 Å². The van der Waals surface area contributed by atoms with E-state index in [1.807, 2.05) is 49.4 Å². The van der Waals surface area contributed by atoms with Gasteiger partial charge in [0.1, 0.15) is 17.8 Å². The first-order valence-corrected chi connectivity index (χ1v) is 11.5. The number of amides is 1. The van der Waals surface area contributed by atoms with Gasteiger partial charge in [0, 0.05) is 35.4 Å². The van der Waals surface area contributed by atoms with Crippen LogP contribution in [0.3, 0.4) is 0 Å². The molecule has 1 fully saturated rings. The highest BCUT2D eigenvalue weighted by molar-refractivity contribution is 5.90. The smallest absolute Gasteiger partial charge is 0.248 e. The van der Waals surface area contributed by atoms with Gasteiger partial charge in [0.25, 0.3) is 0 Å². The molecular formula is C27H32N4O2. The van der Waals surface area contributed by atoms with E-state index in [1.165, 1.54) is 0 Å². The number of rotatable bonds is 9. The number of hydrogen-bond acceptors (Lipinski definition) is 5. The third kappa shape index (κ3) is 4.57. The number of likely N-dealkylation sites (tertiary alicyclic amines) is 1. The summed E-state index contributed by atoms with van der Waals surface area (Å²) in [5.41, 5.74) is 6.74. The topological polar surface area (TPSA) is 80.5 Å². The van der Waals surface area contributed by atoms with Gasteiger partial charge in [0.05, 0.1) is 5.52 Å². The molecule has 1 aliphatic heterocycles. The molecule has 0 bridgehead atoms. The maximum absolute atomic E-state index is 12.7. The minimum atomic E-state index is -0.666. The van der Waals surface area contributed by atoms with Gasteiger partial charge < -0.3 is 9.64 Å². The number of aryl methyl sites for hydroxylation is 1. The Kier molecular flexibility index (Phi) is 6.65. The number of unbranched alkanes of at least 4 members (excludes halogenated alkanes) is 1. The van der Waals surface area contributed by atoms with Gasteiger partial charge in [-0.15, -0.1) is 0 Å². The summed E-state index contributed by atoms with van der Waals surface area (Å²) in [6.07, 6.45) is 3.17. The average molecular weight is 445 g/mol. The molecule has 1 aliphatic rings.